The van der Waals surface area contributed by atoms with Crippen molar-refractivity contribution in [1.29, 1.82) is 0 Å². The molecule has 3 aromatic rings. The van der Waals surface area contributed by atoms with Crippen molar-refractivity contribution in [3.8, 4) is 5.75 Å². The molecule has 0 bridgehead atoms. The van der Waals surface area contributed by atoms with Gasteiger partial charge < -0.3 is 4.74 Å². The summed E-state index contributed by atoms with van der Waals surface area (Å²) in [6, 6.07) is 9.71. The van der Waals surface area contributed by atoms with E-state index in [1.165, 1.54) is 11.3 Å². The molecule has 0 N–H and O–H groups in total. The molecule has 0 aliphatic rings. The van der Waals surface area contributed by atoms with Crippen molar-refractivity contribution in [2.45, 2.75) is 20.0 Å². The fourth-order valence-electron chi connectivity index (χ4n) is 1.64. The molecule has 0 saturated carbocycles. The number of rotatable bonds is 4. The molecule has 0 aliphatic heterocycles. The number of ether oxygens (including phenoxy) is 1. The van der Waals surface area contributed by atoms with Crippen LogP contribution in [-0.2, 0) is 13.0 Å². The van der Waals surface area contributed by atoms with E-state index >= 15 is 0 Å². The highest BCUT2D eigenvalue weighted by Gasteiger charge is 2.10. The van der Waals surface area contributed by atoms with Crippen molar-refractivity contribution in [3.63, 3.8) is 0 Å². The number of aromatic nitrogens is 4. The molecule has 5 nitrogen and oxygen atoms in total. The maximum absolute atomic E-state index is 5.65. The van der Waals surface area contributed by atoms with Crippen molar-refractivity contribution in [2.24, 2.45) is 0 Å². The van der Waals surface area contributed by atoms with Gasteiger partial charge in [-0.15, -0.1) is 10.2 Å². The maximum Gasteiger partial charge on any atom is 0.234 e. The Balaban J connectivity index is 1.77. The number of hydrogen-bond donors (Lipinski definition) is 0. The Morgan fingerprint density at radius 1 is 1.22 bits per heavy atom. The highest BCUT2D eigenvalue weighted by molar-refractivity contribution is 7.16. The summed E-state index contributed by atoms with van der Waals surface area (Å²) in [4.78, 5) is 0.818. The predicted octanol–water partition coefficient (Wildman–Crippen LogP) is 2.33. The van der Waals surface area contributed by atoms with Crippen molar-refractivity contribution >= 4 is 16.3 Å². The average Bonchev–Trinajstić information content (AvgIpc) is 2.97. The summed E-state index contributed by atoms with van der Waals surface area (Å²) in [6.45, 7) is 2.50. The van der Waals surface area contributed by atoms with Gasteiger partial charge in [-0.2, -0.15) is 9.61 Å². The maximum atomic E-state index is 5.65. The third-order valence-electron chi connectivity index (χ3n) is 2.52. The molecule has 3 rings (SSSR count). The van der Waals surface area contributed by atoms with E-state index in [-0.39, 0.29) is 0 Å². The summed E-state index contributed by atoms with van der Waals surface area (Å²) >= 11 is 1.51. The highest BCUT2D eigenvalue weighted by Crippen LogP contribution is 2.17. The Morgan fingerprint density at radius 2 is 2.06 bits per heavy atom. The van der Waals surface area contributed by atoms with Crippen LogP contribution in [0.4, 0.5) is 0 Å². The minimum Gasteiger partial charge on any atom is -0.486 e. The summed E-state index contributed by atoms with van der Waals surface area (Å²) in [5.74, 6) is 1.73. The van der Waals surface area contributed by atoms with Crippen LogP contribution < -0.4 is 4.74 Å². The summed E-state index contributed by atoms with van der Waals surface area (Å²) in [5.41, 5.74) is 0. The first kappa shape index (κ1) is 11.2. The minimum absolute atomic E-state index is 0.460. The number of fused-ring (bicyclic) bond motifs is 1. The Labute approximate surface area is 108 Å². The quantitative estimate of drug-likeness (QED) is 0.722. The Kier molecular flexibility index (Phi) is 2.93. The first-order valence-corrected chi connectivity index (χ1v) is 6.56. The van der Waals surface area contributed by atoms with Gasteiger partial charge in [0.05, 0.1) is 0 Å². The molecule has 92 valence electrons. The van der Waals surface area contributed by atoms with Gasteiger partial charge in [0.2, 0.25) is 4.96 Å². The summed E-state index contributed by atoms with van der Waals surface area (Å²) in [5, 5.41) is 13.5. The number of nitrogens with zero attached hydrogens (tertiary/aromatic N) is 4. The van der Waals surface area contributed by atoms with E-state index < -0.39 is 0 Å². The number of hydrogen-bond acceptors (Lipinski definition) is 5. The van der Waals surface area contributed by atoms with Crippen LogP contribution in [0.1, 0.15) is 17.8 Å². The van der Waals surface area contributed by atoms with Crippen molar-refractivity contribution in [3.05, 3.63) is 41.2 Å². The molecule has 2 aromatic heterocycles. The molecule has 6 heteroatoms. The van der Waals surface area contributed by atoms with E-state index in [1.807, 2.05) is 37.3 Å². The molecular formula is C12H12N4OS. The fraction of sp³-hybridized carbons (Fsp3) is 0.250. The molecule has 0 saturated heterocycles. The second-order valence-electron chi connectivity index (χ2n) is 3.76. The molecule has 1 aromatic carbocycles. The van der Waals surface area contributed by atoms with E-state index in [9.17, 15) is 0 Å². The first-order chi connectivity index (χ1) is 8.86. The van der Waals surface area contributed by atoms with E-state index in [0.717, 1.165) is 28.0 Å². The number of para-hydroxylation sites is 1. The van der Waals surface area contributed by atoms with Gasteiger partial charge in [0.15, 0.2) is 10.8 Å². The molecular weight excluding hydrogens is 248 g/mol. The Bertz CT molecular complexity index is 646. The fourth-order valence-corrected chi connectivity index (χ4v) is 2.40. The Hall–Kier alpha value is -1.95. The lowest BCUT2D eigenvalue weighted by Gasteiger charge is -2.01. The standard InChI is InChI=1S/C12H12N4OS/c1-2-10-13-14-12-16(10)15-11(18-12)8-17-9-6-4-3-5-7-9/h3-7H,2,8H2,1H3. The molecule has 18 heavy (non-hydrogen) atoms. The Morgan fingerprint density at radius 3 is 2.83 bits per heavy atom. The summed E-state index contributed by atoms with van der Waals surface area (Å²) in [6.07, 6.45) is 0.823. The van der Waals surface area contributed by atoms with Crippen LogP contribution in [0.3, 0.4) is 0 Å². The molecule has 0 unspecified atom stereocenters. The lowest BCUT2D eigenvalue weighted by Crippen LogP contribution is -1.98. The van der Waals surface area contributed by atoms with Gasteiger partial charge in [-0.1, -0.05) is 36.5 Å². The van der Waals surface area contributed by atoms with Gasteiger partial charge in [-0.3, -0.25) is 0 Å². The zero-order valence-corrected chi connectivity index (χ0v) is 10.7. The van der Waals surface area contributed by atoms with E-state index in [4.69, 9.17) is 4.74 Å². The van der Waals surface area contributed by atoms with E-state index in [1.54, 1.807) is 4.52 Å². The molecule has 0 fully saturated rings. The van der Waals surface area contributed by atoms with Crippen LogP contribution in [0.15, 0.2) is 30.3 Å². The summed E-state index contributed by atoms with van der Waals surface area (Å²) < 4.78 is 7.44. The lowest BCUT2D eigenvalue weighted by molar-refractivity contribution is 0.304. The molecule has 0 amide bonds. The van der Waals surface area contributed by atoms with Gasteiger partial charge in [0.1, 0.15) is 12.4 Å². The topological polar surface area (TPSA) is 52.3 Å². The normalized spacial score (nSPS) is 10.9. The van der Waals surface area contributed by atoms with Crippen LogP contribution in [-0.4, -0.2) is 19.8 Å². The van der Waals surface area contributed by atoms with Crippen LogP contribution in [0.25, 0.3) is 4.96 Å². The highest BCUT2D eigenvalue weighted by atomic mass is 32.1. The van der Waals surface area contributed by atoms with Crippen LogP contribution in [0, 0.1) is 0 Å². The molecule has 0 radical (unpaired) electrons. The lowest BCUT2D eigenvalue weighted by atomic mass is 10.3. The number of aryl methyl sites for hydroxylation is 1. The second kappa shape index (κ2) is 4.73. The largest absolute Gasteiger partial charge is 0.486 e. The smallest absolute Gasteiger partial charge is 0.234 e. The SMILES string of the molecule is CCc1nnc2sc(COc3ccccc3)nn12. The second-order valence-corrected chi connectivity index (χ2v) is 4.80. The molecule has 2 heterocycles. The van der Waals surface area contributed by atoms with Crippen molar-refractivity contribution < 1.29 is 4.74 Å². The minimum atomic E-state index is 0.460. The van der Waals surface area contributed by atoms with Gasteiger partial charge in [0, 0.05) is 6.42 Å². The van der Waals surface area contributed by atoms with Crippen LogP contribution in [0.5, 0.6) is 5.75 Å². The van der Waals surface area contributed by atoms with E-state index in [0.29, 0.717) is 6.61 Å². The van der Waals surface area contributed by atoms with Gasteiger partial charge in [-0.25, -0.2) is 0 Å². The van der Waals surface area contributed by atoms with Crippen molar-refractivity contribution in [1.82, 2.24) is 19.8 Å². The first-order valence-electron chi connectivity index (χ1n) is 5.74. The summed E-state index contributed by atoms with van der Waals surface area (Å²) in [7, 11) is 0. The number of benzene rings is 1. The molecule has 0 spiro atoms. The van der Waals surface area contributed by atoms with Crippen LogP contribution >= 0.6 is 11.3 Å². The van der Waals surface area contributed by atoms with Gasteiger partial charge in [0.25, 0.3) is 0 Å². The monoisotopic (exact) mass is 260 g/mol. The van der Waals surface area contributed by atoms with Gasteiger partial charge >= 0.3 is 0 Å². The molecule has 0 aliphatic carbocycles. The zero-order valence-electron chi connectivity index (χ0n) is 9.91. The third-order valence-corrected chi connectivity index (χ3v) is 3.39. The average molecular weight is 260 g/mol. The van der Waals surface area contributed by atoms with Crippen molar-refractivity contribution in [2.75, 3.05) is 0 Å². The van der Waals surface area contributed by atoms with Crippen LogP contribution in [0.2, 0.25) is 0 Å². The predicted molar refractivity (Wildman–Crippen MR) is 68.8 cm³/mol. The van der Waals surface area contributed by atoms with Gasteiger partial charge in [-0.05, 0) is 12.1 Å². The zero-order chi connectivity index (χ0) is 12.4. The van der Waals surface area contributed by atoms with E-state index in [2.05, 4.69) is 15.3 Å². The molecule has 0 atom stereocenters. The third kappa shape index (κ3) is 2.06.